The van der Waals surface area contributed by atoms with Crippen LogP contribution in [0.1, 0.15) is 33.5 Å². The van der Waals surface area contributed by atoms with Crippen LogP contribution in [-0.2, 0) is 13.0 Å². The van der Waals surface area contributed by atoms with E-state index in [-0.39, 0.29) is 11.7 Å². The first-order chi connectivity index (χ1) is 12.2. The van der Waals surface area contributed by atoms with E-state index in [2.05, 4.69) is 4.98 Å². The Morgan fingerprint density at radius 3 is 2.60 bits per heavy atom. The normalized spacial score (nSPS) is 10.6. The fourth-order valence-electron chi connectivity index (χ4n) is 2.61. The van der Waals surface area contributed by atoms with Gasteiger partial charge in [0.05, 0.1) is 5.01 Å². The highest BCUT2D eigenvalue weighted by atomic mass is 32.1. The molecule has 128 valence electrons. The lowest BCUT2D eigenvalue weighted by Crippen LogP contribution is -2.30. The summed E-state index contributed by atoms with van der Waals surface area (Å²) in [5.74, 6) is -0.415. The zero-order chi connectivity index (χ0) is 17.6. The van der Waals surface area contributed by atoms with E-state index in [0.717, 1.165) is 17.0 Å². The van der Waals surface area contributed by atoms with Crippen LogP contribution in [-0.4, -0.2) is 22.3 Å². The van der Waals surface area contributed by atoms with Gasteiger partial charge in [0, 0.05) is 24.9 Å². The first-order valence-corrected chi connectivity index (χ1v) is 9.05. The van der Waals surface area contributed by atoms with Crippen molar-refractivity contribution in [3.8, 4) is 0 Å². The summed E-state index contributed by atoms with van der Waals surface area (Å²) in [6, 6.07) is 16.4. The molecule has 0 radical (unpaired) electrons. The van der Waals surface area contributed by atoms with Crippen molar-refractivity contribution in [3.05, 3.63) is 87.6 Å². The number of carbonyl (C=O) groups excluding carboxylic acids is 1. The molecule has 1 aromatic heterocycles. The third kappa shape index (κ3) is 4.51. The van der Waals surface area contributed by atoms with Crippen LogP contribution < -0.4 is 0 Å². The number of carbonyl (C=O) groups is 1. The maximum atomic E-state index is 13.3. The smallest absolute Gasteiger partial charge is 0.273 e. The van der Waals surface area contributed by atoms with Crippen molar-refractivity contribution >= 4 is 17.2 Å². The molecular weight excluding hydrogens is 335 g/mol. The molecule has 1 amide bonds. The summed E-state index contributed by atoms with van der Waals surface area (Å²) in [6.07, 6.45) is 0.717. The number of benzene rings is 2. The highest BCUT2D eigenvalue weighted by Gasteiger charge is 2.18. The molecule has 3 aromatic rings. The van der Waals surface area contributed by atoms with Crippen LogP contribution in [0.5, 0.6) is 0 Å². The first kappa shape index (κ1) is 17.3. The van der Waals surface area contributed by atoms with E-state index in [9.17, 15) is 9.18 Å². The van der Waals surface area contributed by atoms with Crippen LogP contribution in [0.2, 0.25) is 0 Å². The van der Waals surface area contributed by atoms with Crippen molar-refractivity contribution in [1.29, 1.82) is 0 Å². The summed E-state index contributed by atoms with van der Waals surface area (Å²) in [4.78, 5) is 18.9. The van der Waals surface area contributed by atoms with E-state index in [1.165, 1.54) is 29.0 Å². The Balaban J connectivity index is 1.70. The molecule has 3 nitrogen and oxygen atoms in total. The number of rotatable bonds is 6. The highest BCUT2D eigenvalue weighted by Crippen LogP contribution is 2.17. The molecule has 5 heteroatoms. The molecule has 2 aromatic carbocycles. The van der Waals surface area contributed by atoms with Crippen molar-refractivity contribution in [2.24, 2.45) is 0 Å². The van der Waals surface area contributed by atoms with Crippen molar-refractivity contribution in [3.63, 3.8) is 0 Å². The summed E-state index contributed by atoms with van der Waals surface area (Å²) in [7, 11) is 0. The average molecular weight is 354 g/mol. The zero-order valence-corrected chi connectivity index (χ0v) is 14.8. The molecule has 0 fully saturated rings. The van der Waals surface area contributed by atoms with Crippen molar-refractivity contribution in [1.82, 2.24) is 9.88 Å². The molecule has 0 spiro atoms. The minimum absolute atomic E-state index is 0.123. The van der Waals surface area contributed by atoms with E-state index in [1.807, 2.05) is 43.3 Å². The predicted molar refractivity (Wildman–Crippen MR) is 98.2 cm³/mol. The van der Waals surface area contributed by atoms with Crippen LogP contribution in [0.3, 0.4) is 0 Å². The largest absolute Gasteiger partial charge is 0.333 e. The summed E-state index contributed by atoms with van der Waals surface area (Å²) in [5, 5.41) is 2.71. The Morgan fingerprint density at radius 2 is 1.88 bits per heavy atom. The van der Waals surface area contributed by atoms with Gasteiger partial charge >= 0.3 is 0 Å². The second-order valence-corrected chi connectivity index (χ2v) is 6.68. The number of hydrogen-bond donors (Lipinski definition) is 0. The summed E-state index contributed by atoms with van der Waals surface area (Å²) >= 11 is 1.49. The standard InChI is InChI=1S/C20H19FN2OS/c1-2-23(13-16-9-6-10-17(21)11-16)20(24)18-14-25-19(22-18)12-15-7-4-3-5-8-15/h3-11,14H,2,12-13H2,1H3. The van der Waals surface area contributed by atoms with E-state index in [1.54, 1.807) is 16.3 Å². The number of hydrogen-bond acceptors (Lipinski definition) is 3. The molecule has 0 aliphatic carbocycles. The molecule has 0 N–H and O–H groups in total. The minimum atomic E-state index is -0.292. The van der Waals surface area contributed by atoms with Crippen molar-refractivity contribution in [2.45, 2.75) is 19.9 Å². The van der Waals surface area contributed by atoms with Gasteiger partial charge in [0.25, 0.3) is 5.91 Å². The Labute approximate surface area is 150 Å². The summed E-state index contributed by atoms with van der Waals surface area (Å²) in [5.41, 5.74) is 2.40. The van der Waals surface area contributed by atoms with Gasteiger partial charge < -0.3 is 4.90 Å². The zero-order valence-electron chi connectivity index (χ0n) is 14.0. The number of thiazole rings is 1. The number of halogens is 1. The van der Waals surface area contributed by atoms with Gasteiger partial charge in [-0.05, 0) is 30.2 Å². The maximum absolute atomic E-state index is 13.3. The fourth-order valence-corrected chi connectivity index (χ4v) is 3.41. The lowest BCUT2D eigenvalue weighted by atomic mass is 10.2. The van der Waals surface area contributed by atoms with Gasteiger partial charge in [-0.25, -0.2) is 9.37 Å². The quantitative estimate of drug-likeness (QED) is 0.651. The van der Waals surface area contributed by atoms with Crippen molar-refractivity contribution in [2.75, 3.05) is 6.54 Å². The first-order valence-electron chi connectivity index (χ1n) is 8.17. The van der Waals surface area contributed by atoms with Crippen LogP contribution in [0.25, 0.3) is 0 Å². The summed E-state index contributed by atoms with van der Waals surface area (Å²) < 4.78 is 13.3. The third-order valence-electron chi connectivity index (χ3n) is 3.90. The molecule has 0 aliphatic heterocycles. The third-order valence-corrected chi connectivity index (χ3v) is 4.75. The second-order valence-electron chi connectivity index (χ2n) is 5.74. The van der Waals surface area contributed by atoms with Crippen LogP contribution in [0, 0.1) is 5.82 Å². The molecule has 0 atom stereocenters. The monoisotopic (exact) mass is 354 g/mol. The van der Waals surface area contributed by atoms with Gasteiger partial charge in [0.1, 0.15) is 11.5 Å². The molecule has 0 saturated heterocycles. The SMILES string of the molecule is CCN(Cc1cccc(F)c1)C(=O)c1csc(Cc2ccccc2)n1. The Hall–Kier alpha value is -2.53. The molecule has 3 rings (SSSR count). The van der Waals surface area contributed by atoms with Gasteiger partial charge in [-0.2, -0.15) is 0 Å². The second kappa shape index (κ2) is 8.03. The van der Waals surface area contributed by atoms with Gasteiger partial charge in [0.2, 0.25) is 0 Å². The molecule has 0 unspecified atom stereocenters. The summed E-state index contributed by atoms with van der Waals surface area (Å²) in [6.45, 7) is 2.83. The topological polar surface area (TPSA) is 33.2 Å². The Kier molecular flexibility index (Phi) is 5.56. The molecule has 0 bridgehead atoms. The molecule has 0 saturated carbocycles. The highest BCUT2D eigenvalue weighted by molar-refractivity contribution is 7.09. The molecule has 0 aliphatic rings. The minimum Gasteiger partial charge on any atom is -0.333 e. The average Bonchev–Trinajstić information content (AvgIpc) is 3.08. The Bertz CT molecular complexity index is 848. The van der Waals surface area contributed by atoms with E-state index < -0.39 is 0 Å². The fraction of sp³-hybridized carbons (Fsp3) is 0.200. The number of aromatic nitrogens is 1. The van der Waals surface area contributed by atoms with Crippen LogP contribution in [0.4, 0.5) is 4.39 Å². The van der Waals surface area contributed by atoms with Crippen LogP contribution in [0.15, 0.2) is 60.0 Å². The van der Waals surface area contributed by atoms with Gasteiger partial charge in [-0.3, -0.25) is 4.79 Å². The maximum Gasteiger partial charge on any atom is 0.273 e. The molecule has 25 heavy (non-hydrogen) atoms. The lowest BCUT2D eigenvalue weighted by Gasteiger charge is -2.20. The van der Waals surface area contributed by atoms with Gasteiger partial charge in [-0.15, -0.1) is 11.3 Å². The van der Waals surface area contributed by atoms with Crippen LogP contribution >= 0.6 is 11.3 Å². The van der Waals surface area contributed by atoms with E-state index in [4.69, 9.17) is 0 Å². The Morgan fingerprint density at radius 1 is 1.12 bits per heavy atom. The van der Waals surface area contributed by atoms with E-state index >= 15 is 0 Å². The number of nitrogens with zero attached hydrogens (tertiary/aromatic N) is 2. The van der Waals surface area contributed by atoms with E-state index in [0.29, 0.717) is 18.8 Å². The van der Waals surface area contributed by atoms with Crippen molar-refractivity contribution < 1.29 is 9.18 Å². The number of amides is 1. The molecule has 1 heterocycles. The predicted octanol–water partition coefficient (Wildman–Crippen LogP) is 4.54. The lowest BCUT2D eigenvalue weighted by molar-refractivity contribution is 0.0747. The van der Waals surface area contributed by atoms with Gasteiger partial charge in [0.15, 0.2) is 0 Å². The van der Waals surface area contributed by atoms with Gasteiger partial charge in [-0.1, -0.05) is 42.5 Å². The molecular formula is C20H19FN2OS.